The second kappa shape index (κ2) is 4.71. The highest BCUT2D eigenvalue weighted by molar-refractivity contribution is 14.1. The molecule has 0 saturated heterocycles. The topological polar surface area (TPSA) is 59.3 Å². The highest BCUT2D eigenvalue weighted by Gasteiger charge is 2.40. The average molecular weight is 287 g/mol. The van der Waals surface area contributed by atoms with E-state index < -0.39 is 0 Å². The lowest BCUT2D eigenvalue weighted by atomic mass is 9.83. The lowest BCUT2D eigenvalue weighted by molar-refractivity contribution is 0.0300. The van der Waals surface area contributed by atoms with Crippen molar-refractivity contribution in [2.45, 2.75) is 45.3 Å². The van der Waals surface area contributed by atoms with E-state index in [4.69, 9.17) is 8.91 Å². The van der Waals surface area contributed by atoms with Crippen molar-refractivity contribution < 1.29 is 3.07 Å². The molecule has 1 atom stereocenters. The minimum absolute atomic E-state index is 0.211. The van der Waals surface area contributed by atoms with Gasteiger partial charge in [0.05, 0.1) is 11.1 Å². The molecule has 0 aromatic carbocycles. The van der Waals surface area contributed by atoms with E-state index in [0.717, 1.165) is 6.42 Å². The summed E-state index contributed by atoms with van der Waals surface area (Å²) in [5, 5.41) is 0. The Morgan fingerprint density at radius 3 is 2.17 bits per heavy atom. The lowest BCUT2D eigenvalue weighted by Crippen LogP contribution is -2.63. The molecule has 0 radical (unpaired) electrons. The monoisotopic (exact) mass is 287 g/mol. The number of nitrogens with one attached hydrogen (secondary N) is 2. The molecular formula is C7H18IN3O. The summed E-state index contributed by atoms with van der Waals surface area (Å²) in [5.41, 5.74) is 4.96. The van der Waals surface area contributed by atoms with Gasteiger partial charge in [0.2, 0.25) is 0 Å². The van der Waals surface area contributed by atoms with Gasteiger partial charge in [0.25, 0.3) is 0 Å². The molecule has 0 heterocycles. The van der Waals surface area contributed by atoms with Crippen LogP contribution < -0.4 is 16.8 Å². The maximum Gasteiger partial charge on any atom is 0.110 e. The van der Waals surface area contributed by atoms with Crippen LogP contribution in [0.2, 0.25) is 0 Å². The second-order valence-corrected chi connectivity index (χ2v) is 4.00. The molecule has 5 heteroatoms. The van der Waals surface area contributed by atoms with Gasteiger partial charge in [-0.25, -0.2) is 5.43 Å². The van der Waals surface area contributed by atoms with Crippen LogP contribution in [0.3, 0.4) is 0 Å². The van der Waals surface area contributed by atoms with Crippen molar-refractivity contribution in [2.75, 3.05) is 0 Å². The van der Waals surface area contributed by atoms with E-state index in [1.807, 2.05) is 43.8 Å². The summed E-state index contributed by atoms with van der Waals surface area (Å²) in [7, 11) is 0. The third-order valence-electron chi connectivity index (χ3n) is 2.55. The van der Waals surface area contributed by atoms with Gasteiger partial charge in [-0.2, -0.15) is 5.53 Å². The van der Waals surface area contributed by atoms with Crippen LogP contribution in [0, 0.1) is 0 Å². The van der Waals surface area contributed by atoms with Gasteiger partial charge in [0.15, 0.2) is 0 Å². The smallest absolute Gasteiger partial charge is 0.110 e. The van der Waals surface area contributed by atoms with Crippen LogP contribution in [0.25, 0.3) is 0 Å². The lowest BCUT2D eigenvalue weighted by Gasteiger charge is -2.41. The number of hydrogen-bond donors (Lipinski definition) is 3. The fraction of sp³-hybridized carbons (Fsp3) is 1.00. The molecule has 74 valence electrons. The zero-order chi connectivity index (χ0) is 9.83. The molecule has 0 amide bonds. The SMILES string of the molecule is CCC(C)(OI)C(C)(C)NNN. The fourth-order valence-electron chi connectivity index (χ4n) is 0.906. The van der Waals surface area contributed by atoms with Crippen LogP contribution in [0.1, 0.15) is 34.1 Å². The van der Waals surface area contributed by atoms with Gasteiger partial charge in [-0.1, -0.05) is 6.92 Å². The van der Waals surface area contributed by atoms with Crippen LogP contribution in [0.4, 0.5) is 0 Å². The van der Waals surface area contributed by atoms with E-state index in [0.29, 0.717) is 0 Å². The summed E-state index contributed by atoms with van der Waals surface area (Å²) in [6.45, 7) is 8.20. The van der Waals surface area contributed by atoms with Crippen molar-refractivity contribution in [3.8, 4) is 0 Å². The van der Waals surface area contributed by atoms with Crippen molar-refractivity contribution in [1.82, 2.24) is 11.0 Å². The molecule has 0 fully saturated rings. The van der Waals surface area contributed by atoms with Gasteiger partial charge in [-0.15, -0.1) is 0 Å². The summed E-state index contributed by atoms with van der Waals surface area (Å²) < 4.78 is 5.42. The van der Waals surface area contributed by atoms with Crippen LogP contribution in [-0.4, -0.2) is 11.1 Å². The minimum atomic E-state index is -0.236. The van der Waals surface area contributed by atoms with Crippen molar-refractivity contribution in [1.29, 1.82) is 0 Å². The van der Waals surface area contributed by atoms with Gasteiger partial charge in [0, 0.05) is 0 Å². The highest BCUT2D eigenvalue weighted by atomic mass is 127. The maximum atomic E-state index is 5.42. The van der Waals surface area contributed by atoms with E-state index in [2.05, 4.69) is 17.9 Å². The van der Waals surface area contributed by atoms with E-state index in [9.17, 15) is 0 Å². The third kappa shape index (κ3) is 2.53. The Bertz CT molecular complexity index is 137. The van der Waals surface area contributed by atoms with Crippen LogP contribution in [0.15, 0.2) is 0 Å². The van der Waals surface area contributed by atoms with E-state index >= 15 is 0 Å². The highest BCUT2D eigenvalue weighted by Crippen LogP contribution is 2.30. The summed E-state index contributed by atoms with van der Waals surface area (Å²) in [6.07, 6.45) is 0.914. The van der Waals surface area contributed by atoms with Gasteiger partial charge in [0.1, 0.15) is 23.0 Å². The van der Waals surface area contributed by atoms with Gasteiger partial charge in [-0.3, -0.25) is 5.84 Å². The molecule has 0 aliphatic heterocycles. The molecule has 12 heavy (non-hydrogen) atoms. The molecule has 0 rings (SSSR count). The van der Waals surface area contributed by atoms with Gasteiger partial charge >= 0.3 is 0 Å². The zero-order valence-corrected chi connectivity index (χ0v) is 10.2. The minimum Gasteiger partial charge on any atom is -0.307 e. The van der Waals surface area contributed by atoms with Gasteiger partial charge < -0.3 is 3.07 Å². The number of rotatable bonds is 5. The largest absolute Gasteiger partial charge is 0.307 e. The quantitative estimate of drug-likeness (QED) is 0.405. The Balaban J connectivity index is 4.46. The predicted molar refractivity (Wildman–Crippen MR) is 58.3 cm³/mol. The van der Waals surface area contributed by atoms with Crippen LogP contribution in [0.5, 0.6) is 0 Å². The molecule has 0 bridgehead atoms. The standard InChI is InChI=1S/C7H18IN3O/c1-5-7(4,12-8)6(2,3)10-11-9/h10-11H,5,9H2,1-4H3. The Hall–Kier alpha value is 0.570. The molecule has 0 aromatic rings. The molecule has 4 nitrogen and oxygen atoms in total. The molecule has 0 aliphatic rings. The molecular weight excluding hydrogens is 269 g/mol. The number of hydrogen-bond acceptors (Lipinski definition) is 4. The summed E-state index contributed by atoms with van der Waals surface area (Å²) in [6, 6.07) is 0. The first-order valence-electron chi connectivity index (χ1n) is 3.96. The molecule has 0 aromatic heterocycles. The predicted octanol–water partition coefficient (Wildman–Crippen LogP) is 1.27. The summed E-state index contributed by atoms with van der Waals surface area (Å²) in [5.74, 6) is 5.20. The molecule has 0 saturated carbocycles. The number of nitrogens with two attached hydrogens (primary N) is 1. The van der Waals surface area contributed by atoms with Crippen molar-refractivity contribution >= 4 is 23.0 Å². The van der Waals surface area contributed by atoms with Crippen molar-refractivity contribution in [3.63, 3.8) is 0 Å². The number of hydrazine groups is 2. The van der Waals surface area contributed by atoms with Crippen LogP contribution >= 0.6 is 23.0 Å². The average Bonchev–Trinajstić information content (AvgIpc) is 2.02. The van der Waals surface area contributed by atoms with E-state index in [-0.39, 0.29) is 11.1 Å². The Morgan fingerprint density at radius 2 is 1.92 bits per heavy atom. The van der Waals surface area contributed by atoms with Crippen LogP contribution in [-0.2, 0) is 3.07 Å². The fourth-order valence-corrected chi connectivity index (χ4v) is 1.77. The Labute approximate surface area is 88.2 Å². The molecule has 0 spiro atoms. The Morgan fingerprint density at radius 1 is 1.42 bits per heavy atom. The summed E-state index contributed by atoms with van der Waals surface area (Å²) >= 11 is 1.92. The third-order valence-corrected chi connectivity index (χ3v) is 3.52. The maximum absolute atomic E-state index is 5.42. The van der Waals surface area contributed by atoms with Gasteiger partial charge in [-0.05, 0) is 27.2 Å². The zero-order valence-electron chi connectivity index (χ0n) is 8.07. The Kier molecular flexibility index (Phi) is 4.93. The van der Waals surface area contributed by atoms with Crippen molar-refractivity contribution in [2.24, 2.45) is 5.84 Å². The van der Waals surface area contributed by atoms with E-state index in [1.54, 1.807) is 0 Å². The van der Waals surface area contributed by atoms with E-state index in [1.165, 1.54) is 0 Å². The van der Waals surface area contributed by atoms with Crippen molar-refractivity contribution in [3.05, 3.63) is 0 Å². The normalized spacial score (nSPS) is 17.5. The summed E-state index contributed by atoms with van der Waals surface area (Å²) in [4.78, 5) is 0. The molecule has 1 unspecified atom stereocenters. The first kappa shape index (κ1) is 12.6. The second-order valence-electron chi connectivity index (χ2n) is 3.56. The molecule has 4 N–H and O–H groups in total. The number of halogens is 1. The first-order valence-corrected chi connectivity index (χ1v) is 4.84. The molecule has 0 aliphatic carbocycles. The first-order chi connectivity index (χ1) is 5.43.